The van der Waals surface area contributed by atoms with E-state index in [0.29, 0.717) is 23.9 Å². The Kier molecular flexibility index (Phi) is 5.51. The Labute approximate surface area is 160 Å². The van der Waals surface area contributed by atoms with Gasteiger partial charge in [0.2, 0.25) is 0 Å². The fourth-order valence-corrected chi connectivity index (χ4v) is 4.59. The maximum Gasteiger partial charge on any atom is 0.338 e. The number of fused-ring (bicyclic) bond motifs is 1. The van der Waals surface area contributed by atoms with Gasteiger partial charge >= 0.3 is 5.97 Å². The average Bonchev–Trinajstić information content (AvgIpc) is 2.89. The lowest BCUT2D eigenvalue weighted by molar-refractivity contribution is 0.0696. The molecule has 0 saturated carbocycles. The van der Waals surface area contributed by atoms with Crippen LogP contribution in [0.3, 0.4) is 0 Å². The molecule has 1 aliphatic carbocycles. The Balaban J connectivity index is 1.65. The van der Waals surface area contributed by atoms with Crippen molar-refractivity contribution in [1.82, 2.24) is 0 Å². The van der Waals surface area contributed by atoms with Crippen molar-refractivity contribution in [3.63, 3.8) is 0 Å². The first kappa shape index (κ1) is 18.4. The Morgan fingerprint density at radius 1 is 1.36 bits per heavy atom. The number of aryl methyl sites for hydroxylation is 1. The number of hydrogen-bond donors (Lipinski definition) is 2. The van der Waals surface area contributed by atoms with Crippen molar-refractivity contribution in [3.05, 3.63) is 50.3 Å². The second-order valence-electron chi connectivity index (χ2n) is 7.15. The van der Waals surface area contributed by atoms with Crippen LogP contribution in [0.4, 0.5) is 5.00 Å². The zero-order chi connectivity index (χ0) is 18.0. The molecule has 0 amide bonds. The quantitative estimate of drug-likeness (QED) is 0.488. The SMILES string of the molecule is CC1(C)CCc2sc(NCOCc3ccc(Br)cc3)c(C(=O)O)c2C1. The molecule has 0 saturated heterocycles. The fraction of sp³-hybridized carbons (Fsp3) is 0.421. The maximum absolute atomic E-state index is 11.8. The van der Waals surface area contributed by atoms with E-state index in [1.54, 1.807) is 11.3 Å². The molecule has 134 valence electrons. The summed E-state index contributed by atoms with van der Waals surface area (Å²) < 4.78 is 6.69. The third kappa shape index (κ3) is 4.43. The van der Waals surface area contributed by atoms with E-state index in [1.807, 2.05) is 24.3 Å². The van der Waals surface area contributed by atoms with Crippen molar-refractivity contribution >= 4 is 38.2 Å². The number of carboxylic acid groups (broad SMARTS) is 1. The number of carboxylic acids is 1. The first-order valence-corrected chi connectivity index (χ1v) is 9.90. The number of thiophene rings is 1. The van der Waals surface area contributed by atoms with E-state index in [0.717, 1.165) is 34.9 Å². The molecule has 25 heavy (non-hydrogen) atoms. The van der Waals surface area contributed by atoms with Crippen molar-refractivity contribution in [2.75, 3.05) is 12.0 Å². The van der Waals surface area contributed by atoms with Crippen LogP contribution in [-0.4, -0.2) is 17.8 Å². The lowest BCUT2D eigenvalue weighted by atomic mass is 9.76. The zero-order valence-electron chi connectivity index (χ0n) is 14.4. The van der Waals surface area contributed by atoms with Crippen LogP contribution in [0.2, 0.25) is 0 Å². The van der Waals surface area contributed by atoms with Crippen LogP contribution < -0.4 is 5.32 Å². The fourth-order valence-electron chi connectivity index (χ4n) is 3.14. The first-order valence-electron chi connectivity index (χ1n) is 8.29. The molecule has 1 aromatic heterocycles. The molecular formula is C19H22BrNO3S. The van der Waals surface area contributed by atoms with Crippen LogP contribution in [0.5, 0.6) is 0 Å². The number of benzene rings is 1. The highest BCUT2D eigenvalue weighted by atomic mass is 79.9. The molecule has 0 atom stereocenters. The molecule has 0 fully saturated rings. The highest BCUT2D eigenvalue weighted by molar-refractivity contribution is 9.10. The number of hydrogen-bond acceptors (Lipinski definition) is 4. The van der Waals surface area contributed by atoms with E-state index < -0.39 is 5.97 Å². The van der Waals surface area contributed by atoms with E-state index in [4.69, 9.17) is 4.74 Å². The van der Waals surface area contributed by atoms with Gasteiger partial charge in [0, 0.05) is 9.35 Å². The molecule has 0 spiro atoms. The van der Waals surface area contributed by atoms with Gasteiger partial charge in [0.05, 0.1) is 12.2 Å². The van der Waals surface area contributed by atoms with Gasteiger partial charge in [0.1, 0.15) is 11.7 Å². The Hall–Kier alpha value is -1.37. The summed E-state index contributed by atoms with van der Waals surface area (Å²) in [6.07, 6.45) is 2.87. The molecule has 0 aliphatic heterocycles. The number of aromatic carboxylic acids is 1. The number of carbonyl (C=O) groups is 1. The molecule has 1 heterocycles. The molecular weight excluding hydrogens is 402 g/mol. The summed E-state index contributed by atoms with van der Waals surface area (Å²) in [5.41, 5.74) is 2.67. The smallest absolute Gasteiger partial charge is 0.338 e. The van der Waals surface area contributed by atoms with Gasteiger partial charge in [-0.2, -0.15) is 0 Å². The van der Waals surface area contributed by atoms with Gasteiger partial charge in [0.15, 0.2) is 0 Å². The standard InChI is InChI=1S/C19H22BrNO3S/c1-19(2)8-7-15-14(9-19)16(18(22)23)17(25-15)21-11-24-10-12-3-5-13(20)6-4-12/h3-6,21H,7-11H2,1-2H3,(H,22,23). The van der Waals surface area contributed by atoms with Crippen LogP contribution in [0.25, 0.3) is 0 Å². The van der Waals surface area contributed by atoms with E-state index >= 15 is 0 Å². The van der Waals surface area contributed by atoms with Gasteiger partial charge in [-0.15, -0.1) is 11.3 Å². The third-order valence-electron chi connectivity index (χ3n) is 4.51. The normalized spacial score (nSPS) is 15.6. The predicted octanol–water partition coefficient (Wildman–Crippen LogP) is 5.31. The van der Waals surface area contributed by atoms with Crippen LogP contribution in [0, 0.1) is 5.41 Å². The highest BCUT2D eigenvalue weighted by Gasteiger charge is 2.32. The Morgan fingerprint density at radius 3 is 2.76 bits per heavy atom. The Bertz CT molecular complexity index is 768. The van der Waals surface area contributed by atoms with Crippen molar-refractivity contribution in [2.24, 2.45) is 5.41 Å². The Morgan fingerprint density at radius 2 is 2.08 bits per heavy atom. The largest absolute Gasteiger partial charge is 0.478 e. The van der Waals surface area contributed by atoms with E-state index in [9.17, 15) is 9.90 Å². The minimum absolute atomic E-state index is 0.160. The minimum Gasteiger partial charge on any atom is -0.478 e. The molecule has 6 heteroatoms. The minimum atomic E-state index is -0.856. The summed E-state index contributed by atoms with van der Waals surface area (Å²) >= 11 is 4.97. The van der Waals surface area contributed by atoms with Crippen molar-refractivity contribution in [1.29, 1.82) is 0 Å². The maximum atomic E-state index is 11.8. The van der Waals surface area contributed by atoms with Crippen LogP contribution in [0.1, 0.15) is 46.6 Å². The van der Waals surface area contributed by atoms with E-state index in [-0.39, 0.29) is 5.41 Å². The van der Waals surface area contributed by atoms with Crippen LogP contribution in [-0.2, 0) is 24.2 Å². The van der Waals surface area contributed by atoms with Gasteiger partial charge in [-0.25, -0.2) is 4.79 Å². The molecule has 0 radical (unpaired) electrons. The summed E-state index contributed by atoms with van der Waals surface area (Å²) in [6.45, 7) is 5.18. The van der Waals surface area contributed by atoms with E-state index in [2.05, 4.69) is 35.1 Å². The highest BCUT2D eigenvalue weighted by Crippen LogP contribution is 2.43. The molecule has 0 bridgehead atoms. The van der Waals surface area contributed by atoms with Crippen molar-refractivity contribution in [3.8, 4) is 0 Å². The molecule has 1 aliphatic rings. The first-order chi connectivity index (χ1) is 11.9. The van der Waals surface area contributed by atoms with Gasteiger partial charge in [-0.1, -0.05) is 41.9 Å². The van der Waals surface area contributed by atoms with Crippen LogP contribution in [0.15, 0.2) is 28.7 Å². The summed E-state index contributed by atoms with van der Waals surface area (Å²) in [6, 6.07) is 7.95. The molecule has 3 rings (SSSR count). The second-order valence-corrected chi connectivity index (χ2v) is 9.17. The molecule has 2 aromatic rings. The number of nitrogens with one attached hydrogen (secondary N) is 1. The number of halogens is 1. The molecule has 1 aromatic carbocycles. The van der Waals surface area contributed by atoms with Gasteiger partial charge < -0.3 is 15.2 Å². The number of anilines is 1. The summed E-state index contributed by atoms with van der Waals surface area (Å²) in [5, 5.41) is 13.5. The predicted molar refractivity (Wildman–Crippen MR) is 105 cm³/mol. The molecule has 0 unspecified atom stereocenters. The zero-order valence-corrected chi connectivity index (χ0v) is 16.8. The third-order valence-corrected chi connectivity index (χ3v) is 6.28. The average molecular weight is 424 g/mol. The van der Waals surface area contributed by atoms with Crippen molar-refractivity contribution in [2.45, 2.75) is 39.7 Å². The van der Waals surface area contributed by atoms with Crippen molar-refractivity contribution < 1.29 is 14.6 Å². The van der Waals surface area contributed by atoms with E-state index in [1.165, 1.54) is 4.88 Å². The monoisotopic (exact) mass is 423 g/mol. The van der Waals surface area contributed by atoms with Gasteiger partial charge in [0.25, 0.3) is 0 Å². The molecule has 4 nitrogen and oxygen atoms in total. The molecule has 2 N–H and O–H groups in total. The topological polar surface area (TPSA) is 58.6 Å². The summed E-state index contributed by atoms with van der Waals surface area (Å²) in [4.78, 5) is 13.0. The number of ether oxygens (including phenoxy) is 1. The number of rotatable bonds is 6. The second kappa shape index (κ2) is 7.48. The van der Waals surface area contributed by atoms with Crippen LogP contribution >= 0.6 is 27.3 Å². The lowest BCUT2D eigenvalue weighted by Crippen LogP contribution is -2.22. The van der Waals surface area contributed by atoms with Gasteiger partial charge in [-0.05, 0) is 47.9 Å². The lowest BCUT2D eigenvalue weighted by Gasteiger charge is -2.29. The summed E-state index contributed by atoms with van der Waals surface area (Å²) in [5.74, 6) is -0.856. The summed E-state index contributed by atoms with van der Waals surface area (Å²) in [7, 11) is 0. The van der Waals surface area contributed by atoms with Gasteiger partial charge in [-0.3, -0.25) is 0 Å².